The Morgan fingerprint density at radius 2 is 1.24 bits per heavy atom. The van der Waals surface area contributed by atoms with Gasteiger partial charge in [0, 0.05) is 42.1 Å². The van der Waals surface area contributed by atoms with Crippen LogP contribution in [0, 0.1) is 13.8 Å². The summed E-state index contributed by atoms with van der Waals surface area (Å²) < 4.78 is 13.9. The van der Waals surface area contributed by atoms with E-state index in [9.17, 15) is 0 Å². The standard InChI is InChI=1S/C18H12O2S/c1-9-15-11(3-5-19-15)7-13-14-8-12-4-6-20-16(12)10(2)18(14)21-17(9)13/h3-8H,1-2H3. The maximum Gasteiger partial charge on any atom is 0.138 e. The van der Waals surface area contributed by atoms with Crippen LogP contribution in [0.1, 0.15) is 11.1 Å². The number of rotatable bonds is 0. The number of furan rings is 2. The fourth-order valence-corrected chi connectivity index (χ4v) is 4.55. The predicted molar refractivity (Wildman–Crippen MR) is 88.3 cm³/mol. The lowest BCUT2D eigenvalue weighted by Crippen LogP contribution is -1.76. The van der Waals surface area contributed by atoms with Gasteiger partial charge in [0.15, 0.2) is 0 Å². The summed E-state index contributed by atoms with van der Waals surface area (Å²) in [7, 11) is 0. The van der Waals surface area contributed by atoms with E-state index in [1.165, 1.54) is 42.1 Å². The van der Waals surface area contributed by atoms with Crippen molar-refractivity contribution in [1.29, 1.82) is 0 Å². The van der Waals surface area contributed by atoms with Crippen molar-refractivity contribution in [3.63, 3.8) is 0 Å². The monoisotopic (exact) mass is 292 g/mol. The lowest BCUT2D eigenvalue weighted by molar-refractivity contribution is 0.613. The minimum atomic E-state index is 0.996. The highest BCUT2D eigenvalue weighted by Crippen LogP contribution is 2.43. The minimum Gasteiger partial charge on any atom is -0.464 e. The highest BCUT2D eigenvalue weighted by molar-refractivity contribution is 7.26. The third-order valence-corrected chi connectivity index (χ3v) is 5.80. The molecule has 0 fully saturated rings. The molecule has 21 heavy (non-hydrogen) atoms. The van der Waals surface area contributed by atoms with E-state index in [2.05, 4.69) is 26.0 Å². The average molecular weight is 292 g/mol. The SMILES string of the molecule is Cc1c2occc2cc2c1sc1c(C)c3occc3cc12. The molecule has 0 radical (unpaired) electrons. The molecule has 102 valence electrons. The minimum absolute atomic E-state index is 0.996. The first-order valence-corrected chi connectivity index (χ1v) is 7.75. The van der Waals surface area contributed by atoms with Gasteiger partial charge in [0.05, 0.1) is 12.5 Å². The van der Waals surface area contributed by atoms with Crippen molar-refractivity contribution >= 4 is 53.4 Å². The summed E-state index contributed by atoms with van der Waals surface area (Å²) in [6, 6.07) is 8.56. The van der Waals surface area contributed by atoms with Gasteiger partial charge in [0.25, 0.3) is 0 Å². The zero-order chi connectivity index (χ0) is 14.1. The largest absolute Gasteiger partial charge is 0.464 e. The summed E-state index contributed by atoms with van der Waals surface area (Å²) >= 11 is 1.83. The van der Waals surface area contributed by atoms with Crippen molar-refractivity contribution < 1.29 is 8.83 Å². The van der Waals surface area contributed by atoms with Gasteiger partial charge in [-0.15, -0.1) is 11.3 Å². The van der Waals surface area contributed by atoms with Crippen molar-refractivity contribution in [2.75, 3.05) is 0 Å². The molecule has 0 amide bonds. The Hall–Kier alpha value is -2.26. The van der Waals surface area contributed by atoms with Gasteiger partial charge < -0.3 is 8.83 Å². The van der Waals surface area contributed by atoms with Crippen molar-refractivity contribution in [2.45, 2.75) is 13.8 Å². The third kappa shape index (κ3) is 1.32. The number of aryl methyl sites for hydroxylation is 2. The second-order valence-electron chi connectivity index (χ2n) is 5.54. The molecule has 0 N–H and O–H groups in total. The Balaban J connectivity index is 2.11. The molecule has 3 heteroatoms. The van der Waals surface area contributed by atoms with E-state index >= 15 is 0 Å². The van der Waals surface area contributed by atoms with Crippen LogP contribution < -0.4 is 0 Å². The van der Waals surface area contributed by atoms with Crippen molar-refractivity contribution in [2.24, 2.45) is 0 Å². The van der Waals surface area contributed by atoms with Crippen LogP contribution in [0.4, 0.5) is 0 Å². The molecule has 3 aromatic heterocycles. The zero-order valence-electron chi connectivity index (χ0n) is 11.7. The number of thiophene rings is 1. The molecule has 0 saturated carbocycles. The summed E-state index contributed by atoms with van der Waals surface area (Å²) in [6.07, 6.45) is 3.53. The summed E-state index contributed by atoms with van der Waals surface area (Å²) in [5.74, 6) is 0. The smallest absolute Gasteiger partial charge is 0.138 e. The lowest BCUT2D eigenvalue weighted by Gasteiger charge is -1.99. The molecule has 0 spiro atoms. The van der Waals surface area contributed by atoms with E-state index in [0.29, 0.717) is 0 Å². The van der Waals surface area contributed by atoms with E-state index in [-0.39, 0.29) is 0 Å². The van der Waals surface area contributed by atoms with Crippen molar-refractivity contribution in [3.8, 4) is 0 Å². The fourth-order valence-electron chi connectivity index (χ4n) is 3.29. The van der Waals surface area contributed by atoms with Crippen LogP contribution in [0.2, 0.25) is 0 Å². The van der Waals surface area contributed by atoms with Gasteiger partial charge >= 0.3 is 0 Å². The summed E-state index contributed by atoms with van der Waals surface area (Å²) in [6.45, 7) is 4.28. The number of hydrogen-bond acceptors (Lipinski definition) is 3. The normalized spacial score (nSPS) is 12.3. The molecule has 5 aromatic rings. The van der Waals surface area contributed by atoms with Gasteiger partial charge in [-0.3, -0.25) is 0 Å². The fraction of sp³-hybridized carbons (Fsp3) is 0.111. The Morgan fingerprint density at radius 3 is 1.71 bits per heavy atom. The lowest BCUT2D eigenvalue weighted by atomic mass is 10.0. The van der Waals surface area contributed by atoms with Crippen LogP contribution in [-0.4, -0.2) is 0 Å². The average Bonchev–Trinajstić information content (AvgIpc) is 3.18. The van der Waals surface area contributed by atoms with Crippen LogP contribution in [0.3, 0.4) is 0 Å². The first-order chi connectivity index (χ1) is 10.2. The van der Waals surface area contributed by atoms with E-state index in [1.807, 2.05) is 23.5 Å². The molecule has 5 rings (SSSR count). The van der Waals surface area contributed by atoms with Gasteiger partial charge in [0.1, 0.15) is 11.2 Å². The number of fused-ring (bicyclic) bond motifs is 5. The Kier molecular flexibility index (Phi) is 2.00. The topological polar surface area (TPSA) is 26.3 Å². The van der Waals surface area contributed by atoms with Gasteiger partial charge in [0.2, 0.25) is 0 Å². The summed E-state index contributed by atoms with van der Waals surface area (Å²) in [4.78, 5) is 0. The number of benzene rings is 2. The molecule has 2 nitrogen and oxygen atoms in total. The molecule has 3 heterocycles. The molecule has 0 atom stereocenters. The third-order valence-electron chi connectivity index (χ3n) is 4.34. The van der Waals surface area contributed by atoms with Crippen molar-refractivity contribution in [3.05, 3.63) is 47.9 Å². The van der Waals surface area contributed by atoms with Crippen LogP contribution in [0.25, 0.3) is 42.1 Å². The van der Waals surface area contributed by atoms with E-state index < -0.39 is 0 Å². The number of hydrogen-bond donors (Lipinski definition) is 0. The van der Waals surface area contributed by atoms with Gasteiger partial charge in [-0.2, -0.15) is 0 Å². The molecule has 0 aliphatic rings. The molecule has 0 saturated heterocycles. The predicted octanol–water partition coefficient (Wildman–Crippen LogP) is 6.16. The Morgan fingerprint density at radius 1 is 0.762 bits per heavy atom. The molecule has 0 aliphatic heterocycles. The molecular formula is C18H12O2S. The summed E-state index contributed by atoms with van der Waals surface area (Å²) in [5.41, 5.74) is 4.44. The van der Waals surface area contributed by atoms with Crippen LogP contribution in [-0.2, 0) is 0 Å². The van der Waals surface area contributed by atoms with Gasteiger partial charge in [-0.1, -0.05) is 0 Å². The maximum atomic E-state index is 5.63. The highest BCUT2D eigenvalue weighted by atomic mass is 32.1. The van der Waals surface area contributed by atoms with Crippen molar-refractivity contribution in [1.82, 2.24) is 0 Å². The Bertz CT molecular complexity index is 1060. The molecule has 2 aromatic carbocycles. The quantitative estimate of drug-likeness (QED) is 0.341. The maximum absolute atomic E-state index is 5.63. The van der Waals surface area contributed by atoms with E-state index in [0.717, 1.165) is 11.2 Å². The van der Waals surface area contributed by atoms with Crippen LogP contribution >= 0.6 is 11.3 Å². The van der Waals surface area contributed by atoms with E-state index in [4.69, 9.17) is 8.83 Å². The van der Waals surface area contributed by atoms with Gasteiger partial charge in [-0.25, -0.2) is 0 Å². The zero-order valence-corrected chi connectivity index (χ0v) is 12.5. The van der Waals surface area contributed by atoms with E-state index in [1.54, 1.807) is 12.5 Å². The first kappa shape index (κ1) is 11.4. The molecular weight excluding hydrogens is 280 g/mol. The first-order valence-electron chi connectivity index (χ1n) is 6.94. The Labute approximate surface area is 124 Å². The second kappa shape index (κ2) is 3.68. The van der Waals surface area contributed by atoms with Crippen LogP contribution in [0.15, 0.2) is 45.6 Å². The molecule has 0 unspecified atom stereocenters. The summed E-state index contributed by atoms with van der Waals surface area (Å²) in [5, 5.41) is 4.97. The van der Waals surface area contributed by atoms with Crippen LogP contribution in [0.5, 0.6) is 0 Å². The molecule has 0 bridgehead atoms. The molecule has 0 aliphatic carbocycles. The highest BCUT2D eigenvalue weighted by Gasteiger charge is 2.16. The van der Waals surface area contributed by atoms with Gasteiger partial charge in [-0.05, 0) is 38.1 Å². The second-order valence-corrected chi connectivity index (χ2v) is 6.56.